The van der Waals surface area contributed by atoms with Crippen molar-refractivity contribution in [3.8, 4) is 0 Å². The summed E-state index contributed by atoms with van der Waals surface area (Å²) >= 11 is 0. The molecule has 1 aliphatic carbocycles. The lowest BCUT2D eigenvalue weighted by molar-refractivity contribution is 0.450. The van der Waals surface area contributed by atoms with Gasteiger partial charge in [0.1, 0.15) is 0 Å². The van der Waals surface area contributed by atoms with Crippen LogP contribution in [0.3, 0.4) is 0 Å². The van der Waals surface area contributed by atoms with E-state index < -0.39 is 17.4 Å². The van der Waals surface area contributed by atoms with Crippen LogP contribution in [0.15, 0.2) is 0 Å². The molecule has 0 saturated heterocycles. The molecule has 1 radical (unpaired) electrons. The Kier molecular flexibility index (Phi) is 4.87. The van der Waals surface area contributed by atoms with E-state index in [1.165, 1.54) is 38.1 Å². The highest BCUT2D eigenvalue weighted by molar-refractivity contribution is 6.77. The van der Waals surface area contributed by atoms with Crippen molar-refractivity contribution in [2.45, 2.75) is 70.3 Å². The molecule has 0 N–H and O–H groups in total. The van der Waals surface area contributed by atoms with Crippen LogP contribution in [0.4, 0.5) is 0 Å². The van der Waals surface area contributed by atoms with Crippen LogP contribution in [0, 0.1) is 0 Å². The highest BCUT2D eigenvalue weighted by Crippen LogP contribution is 2.33. The fourth-order valence-corrected chi connectivity index (χ4v) is 8.28. The maximum Gasteiger partial charge on any atom is 0.201 e. The second-order valence-corrected chi connectivity index (χ2v) is 12.9. The van der Waals surface area contributed by atoms with Crippen LogP contribution in [0.1, 0.15) is 39.0 Å². The van der Waals surface area contributed by atoms with Gasteiger partial charge in [-0.2, -0.15) is 0 Å². The molecule has 0 aromatic rings. The first-order valence-corrected chi connectivity index (χ1v) is 11.2. The van der Waals surface area contributed by atoms with Gasteiger partial charge in [-0.15, -0.1) is 0 Å². The van der Waals surface area contributed by atoms with Crippen LogP contribution < -0.4 is 0 Å². The molecule has 14 heavy (non-hydrogen) atoms. The van der Waals surface area contributed by atoms with Crippen molar-refractivity contribution in [1.82, 2.24) is 0 Å². The SMILES string of the molecule is CC[Si](O[Si](C)(C)C)C1CCCCC1. The van der Waals surface area contributed by atoms with Crippen LogP contribution in [0.25, 0.3) is 0 Å². The number of hydrogen-bond acceptors (Lipinski definition) is 1. The quantitative estimate of drug-likeness (QED) is 0.657. The van der Waals surface area contributed by atoms with Crippen LogP contribution in [-0.4, -0.2) is 17.4 Å². The van der Waals surface area contributed by atoms with Gasteiger partial charge in [-0.1, -0.05) is 39.0 Å². The molecule has 0 unspecified atom stereocenters. The monoisotopic (exact) mass is 229 g/mol. The summed E-state index contributed by atoms with van der Waals surface area (Å²) in [5.74, 6) is 0. The first-order valence-electron chi connectivity index (χ1n) is 6.07. The Balaban J connectivity index is 2.43. The van der Waals surface area contributed by atoms with E-state index in [0.29, 0.717) is 0 Å². The van der Waals surface area contributed by atoms with Gasteiger partial charge in [0.15, 0.2) is 8.32 Å². The van der Waals surface area contributed by atoms with Gasteiger partial charge in [0, 0.05) is 0 Å². The predicted molar refractivity (Wildman–Crippen MR) is 67.5 cm³/mol. The normalized spacial score (nSPS) is 20.4. The summed E-state index contributed by atoms with van der Waals surface area (Å²) in [6.45, 7) is 9.31. The zero-order chi connectivity index (χ0) is 10.6. The number of hydrogen-bond donors (Lipinski definition) is 0. The van der Waals surface area contributed by atoms with Gasteiger partial charge in [0.05, 0.1) is 0 Å². The van der Waals surface area contributed by atoms with Crippen LogP contribution in [0.2, 0.25) is 31.2 Å². The van der Waals surface area contributed by atoms with E-state index in [4.69, 9.17) is 4.12 Å². The highest BCUT2D eigenvalue weighted by atomic mass is 28.4. The average Bonchev–Trinajstić information content (AvgIpc) is 2.14. The van der Waals surface area contributed by atoms with Crippen molar-refractivity contribution in [2.75, 3.05) is 0 Å². The van der Waals surface area contributed by atoms with Crippen molar-refractivity contribution in [1.29, 1.82) is 0 Å². The first kappa shape index (κ1) is 12.5. The lowest BCUT2D eigenvalue weighted by Gasteiger charge is -2.32. The van der Waals surface area contributed by atoms with E-state index in [1.54, 1.807) is 0 Å². The van der Waals surface area contributed by atoms with Crippen molar-refractivity contribution in [2.24, 2.45) is 0 Å². The summed E-state index contributed by atoms with van der Waals surface area (Å²) < 4.78 is 6.37. The fraction of sp³-hybridized carbons (Fsp3) is 1.00. The fourth-order valence-electron chi connectivity index (χ4n) is 2.26. The van der Waals surface area contributed by atoms with E-state index in [9.17, 15) is 0 Å². The molecule has 0 heterocycles. The summed E-state index contributed by atoms with van der Waals surface area (Å²) in [6, 6.07) is 1.31. The summed E-state index contributed by atoms with van der Waals surface area (Å²) in [7, 11) is -1.76. The Hall–Kier alpha value is 0.394. The molecule has 1 fully saturated rings. The van der Waals surface area contributed by atoms with Crippen molar-refractivity contribution >= 4 is 17.4 Å². The molecule has 83 valence electrons. The third kappa shape index (κ3) is 4.28. The van der Waals surface area contributed by atoms with Gasteiger partial charge < -0.3 is 4.12 Å². The summed E-state index contributed by atoms with van der Waals surface area (Å²) in [5, 5.41) is 0. The second-order valence-electron chi connectivity index (χ2n) is 5.37. The van der Waals surface area contributed by atoms with Gasteiger partial charge in [-0.3, -0.25) is 0 Å². The standard InChI is InChI=1S/C11H25OSi2/c1-5-13(12-14(2,3)4)11-9-7-6-8-10-11/h11H,5-10H2,1-4H3. The topological polar surface area (TPSA) is 9.23 Å². The van der Waals surface area contributed by atoms with Crippen molar-refractivity contribution < 1.29 is 4.12 Å². The molecule has 3 heteroatoms. The van der Waals surface area contributed by atoms with E-state index in [2.05, 4.69) is 26.6 Å². The van der Waals surface area contributed by atoms with E-state index in [0.717, 1.165) is 5.54 Å². The number of rotatable bonds is 4. The molecule has 0 amide bonds. The smallest absolute Gasteiger partial charge is 0.201 e. The average molecular weight is 229 g/mol. The molecule has 0 aliphatic heterocycles. The minimum absolute atomic E-state index is 0.480. The molecule has 1 saturated carbocycles. The summed E-state index contributed by atoms with van der Waals surface area (Å²) in [5.41, 5.74) is 0.963. The zero-order valence-electron chi connectivity index (χ0n) is 10.2. The molecule has 1 rings (SSSR count). The summed E-state index contributed by atoms with van der Waals surface area (Å²) in [6.07, 6.45) is 7.27. The lowest BCUT2D eigenvalue weighted by atomic mass is 10.0. The van der Waals surface area contributed by atoms with Crippen LogP contribution in [-0.2, 0) is 4.12 Å². The van der Waals surface area contributed by atoms with E-state index in [-0.39, 0.29) is 0 Å². The van der Waals surface area contributed by atoms with Gasteiger partial charge in [-0.25, -0.2) is 0 Å². The largest absolute Gasteiger partial charge is 0.455 e. The maximum atomic E-state index is 6.37. The molecular formula is C11H25OSi2. The zero-order valence-corrected chi connectivity index (χ0v) is 12.2. The molecule has 0 atom stereocenters. The minimum Gasteiger partial charge on any atom is -0.455 e. The Morgan fingerprint density at radius 2 is 1.71 bits per heavy atom. The second kappa shape index (κ2) is 5.47. The van der Waals surface area contributed by atoms with Crippen molar-refractivity contribution in [3.05, 3.63) is 0 Å². The van der Waals surface area contributed by atoms with Crippen LogP contribution in [0.5, 0.6) is 0 Å². The third-order valence-corrected chi connectivity index (χ3v) is 8.53. The Morgan fingerprint density at radius 1 is 1.14 bits per heavy atom. The molecule has 1 aliphatic rings. The van der Waals surface area contributed by atoms with Gasteiger partial charge >= 0.3 is 0 Å². The Morgan fingerprint density at radius 3 is 2.14 bits per heavy atom. The van der Waals surface area contributed by atoms with Gasteiger partial charge in [0.2, 0.25) is 9.04 Å². The van der Waals surface area contributed by atoms with E-state index in [1.807, 2.05) is 0 Å². The molecule has 0 aromatic heterocycles. The van der Waals surface area contributed by atoms with Crippen molar-refractivity contribution in [3.63, 3.8) is 0 Å². The summed E-state index contributed by atoms with van der Waals surface area (Å²) in [4.78, 5) is 0. The Bertz CT molecular complexity index is 159. The third-order valence-electron chi connectivity index (χ3n) is 2.85. The molecule has 0 spiro atoms. The lowest BCUT2D eigenvalue weighted by Crippen LogP contribution is -2.37. The Labute approximate surface area is 92.1 Å². The first-order chi connectivity index (χ1) is 6.53. The van der Waals surface area contributed by atoms with Gasteiger partial charge in [0.25, 0.3) is 0 Å². The maximum absolute atomic E-state index is 6.37. The molecular weight excluding hydrogens is 204 g/mol. The molecule has 0 bridgehead atoms. The minimum atomic E-state index is -1.28. The molecule has 0 aromatic carbocycles. The molecule has 1 nitrogen and oxygen atoms in total. The van der Waals surface area contributed by atoms with Crippen LogP contribution >= 0.6 is 0 Å². The highest BCUT2D eigenvalue weighted by Gasteiger charge is 2.29. The van der Waals surface area contributed by atoms with Gasteiger partial charge in [-0.05, 0) is 31.2 Å². The predicted octanol–water partition coefficient (Wildman–Crippen LogP) is 4.18. The van der Waals surface area contributed by atoms with E-state index >= 15 is 0 Å².